The standard InChI is InChI=1S/C25H17N5O4S/c31-23-20-11-4-5-12-21(20)24(32)28(23)14-13-26-27-25-29(18-8-2-1-3-9-18)22(16-35-25)17-7-6-10-19(15-17)30(33)34/h1-13,15-16H,14H2/b26-13-,27-25+. The molecule has 2 amide bonds. The summed E-state index contributed by atoms with van der Waals surface area (Å²) in [5.41, 5.74) is 2.94. The second-order valence-electron chi connectivity index (χ2n) is 7.55. The number of non-ortho nitro benzene ring substituents is 1. The summed E-state index contributed by atoms with van der Waals surface area (Å²) in [4.78, 5) is 37.5. The van der Waals surface area contributed by atoms with Gasteiger partial charge in [0.1, 0.15) is 0 Å². The number of aromatic nitrogens is 1. The zero-order chi connectivity index (χ0) is 24.4. The van der Waals surface area contributed by atoms with Crippen molar-refractivity contribution >= 4 is 35.1 Å². The van der Waals surface area contributed by atoms with E-state index in [4.69, 9.17) is 0 Å². The van der Waals surface area contributed by atoms with Crippen LogP contribution in [0.25, 0.3) is 16.9 Å². The number of fused-ring (bicyclic) bond motifs is 1. The van der Waals surface area contributed by atoms with E-state index < -0.39 is 4.92 Å². The van der Waals surface area contributed by atoms with Crippen molar-refractivity contribution in [2.45, 2.75) is 0 Å². The molecule has 5 rings (SSSR count). The van der Waals surface area contributed by atoms with Gasteiger partial charge < -0.3 is 0 Å². The first-order valence-electron chi connectivity index (χ1n) is 10.6. The molecule has 0 N–H and O–H groups in total. The molecule has 0 unspecified atom stereocenters. The van der Waals surface area contributed by atoms with E-state index in [0.717, 1.165) is 16.3 Å². The van der Waals surface area contributed by atoms with Gasteiger partial charge in [-0.2, -0.15) is 5.10 Å². The topological polar surface area (TPSA) is 110 Å². The normalized spacial score (nSPS) is 13.6. The quantitative estimate of drug-likeness (QED) is 0.176. The molecule has 1 aliphatic heterocycles. The number of amides is 2. The van der Waals surface area contributed by atoms with Crippen molar-refractivity contribution in [1.29, 1.82) is 0 Å². The number of hydrogen-bond donors (Lipinski definition) is 0. The molecule has 3 aromatic carbocycles. The van der Waals surface area contributed by atoms with Crippen LogP contribution in [0, 0.1) is 10.1 Å². The Labute approximate surface area is 203 Å². The number of thiazole rings is 1. The lowest BCUT2D eigenvalue weighted by molar-refractivity contribution is -0.384. The first-order valence-corrected chi connectivity index (χ1v) is 11.4. The average Bonchev–Trinajstić information content (AvgIpc) is 3.42. The molecule has 2 heterocycles. The summed E-state index contributed by atoms with van der Waals surface area (Å²) in [6.07, 6.45) is 1.41. The lowest BCUT2D eigenvalue weighted by Crippen LogP contribution is -2.31. The molecule has 0 aliphatic carbocycles. The van der Waals surface area contributed by atoms with Crippen LogP contribution in [0.4, 0.5) is 5.69 Å². The van der Waals surface area contributed by atoms with E-state index in [-0.39, 0.29) is 24.0 Å². The minimum Gasteiger partial charge on any atom is -0.284 e. The summed E-state index contributed by atoms with van der Waals surface area (Å²) in [6.45, 7) is -0.00963. The predicted molar refractivity (Wildman–Crippen MR) is 132 cm³/mol. The van der Waals surface area contributed by atoms with Crippen molar-refractivity contribution in [3.63, 3.8) is 0 Å². The summed E-state index contributed by atoms with van der Waals surface area (Å²) in [6, 6.07) is 22.5. The van der Waals surface area contributed by atoms with E-state index in [1.807, 2.05) is 40.3 Å². The Morgan fingerprint density at radius 1 is 0.914 bits per heavy atom. The third kappa shape index (κ3) is 4.18. The van der Waals surface area contributed by atoms with Gasteiger partial charge >= 0.3 is 0 Å². The second-order valence-corrected chi connectivity index (χ2v) is 8.38. The summed E-state index contributed by atoms with van der Waals surface area (Å²) in [5.74, 6) is -0.721. The Kier molecular flexibility index (Phi) is 5.86. The number of imide groups is 1. The van der Waals surface area contributed by atoms with E-state index in [2.05, 4.69) is 10.2 Å². The van der Waals surface area contributed by atoms with Crippen LogP contribution >= 0.6 is 11.3 Å². The predicted octanol–water partition coefficient (Wildman–Crippen LogP) is 4.30. The number of rotatable bonds is 6. The Bertz CT molecular complexity index is 1520. The molecule has 4 aromatic rings. The van der Waals surface area contributed by atoms with Gasteiger partial charge in [0.15, 0.2) is 0 Å². The minimum absolute atomic E-state index is 0.00855. The Morgan fingerprint density at radius 3 is 2.29 bits per heavy atom. The van der Waals surface area contributed by atoms with Gasteiger partial charge in [-0.25, -0.2) is 0 Å². The van der Waals surface area contributed by atoms with Gasteiger partial charge in [0.25, 0.3) is 17.5 Å². The highest BCUT2D eigenvalue weighted by atomic mass is 32.1. The van der Waals surface area contributed by atoms with Crippen LogP contribution in [0.5, 0.6) is 0 Å². The maximum absolute atomic E-state index is 12.5. The monoisotopic (exact) mass is 483 g/mol. The van der Waals surface area contributed by atoms with Crippen molar-refractivity contribution in [3.8, 4) is 16.9 Å². The molecule has 0 spiro atoms. The first-order chi connectivity index (χ1) is 17.0. The molecule has 0 saturated carbocycles. The van der Waals surface area contributed by atoms with Crippen LogP contribution in [-0.4, -0.2) is 39.0 Å². The van der Waals surface area contributed by atoms with E-state index in [1.54, 1.807) is 36.4 Å². The number of hydrogen-bond acceptors (Lipinski definition) is 7. The van der Waals surface area contributed by atoms with Gasteiger partial charge in [0.05, 0.1) is 28.3 Å². The number of para-hydroxylation sites is 1. The molecule has 0 radical (unpaired) electrons. The van der Waals surface area contributed by atoms with Crippen molar-refractivity contribution in [3.05, 3.63) is 110 Å². The number of carbonyl (C=O) groups is 2. The first kappa shape index (κ1) is 22.1. The highest BCUT2D eigenvalue weighted by molar-refractivity contribution is 7.07. The maximum atomic E-state index is 12.5. The van der Waals surface area contributed by atoms with Crippen molar-refractivity contribution in [1.82, 2.24) is 9.47 Å². The minimum atomic E-state index is -0.433. The fourth-order valence-corrected chi connectivity index (χ4v) is 4.66. The lowest BCUT2D eigenvalue weighted by atomic mass is 10.1. The smallest absolute Gasteiger partial charge is 0.270 e. The van der Waals surface area contributed by atoms with Crippen molar-refractivity contribution in [2.75, 3.05) is 6.54 Å². The molecule has 10 heteroatoms. The molecule has 0 saturated heterocycles. The molecule has 172 valence electrons. The van der Waals surface area contributed by atoms with E-state index in [0.29, 0.717) is 21.5 Å². The van der Waals surface area contributed by atoms with Crippen LogP contribution in [0.3, 0.4) is 0 Å². The fraction of sp³-hybridized carbons (Fsp3) is 0.0400. The third-order valence-corrected chi connectivity index (χ3v) is 6.26. The number of nitro groups is 1. The largest absolute Gasteiger partial charge is 0.284 e. The van der Waals surface area contributed by atoms with Crippen LogP contribution in [0.1, 0.15) is 20.7 Å². The number of nitrogens with zero attached hydrogens (tertiary/aromatic N) is 5. The molecule has 1 aliphatic rings. The molecular formula is C25H17N5O4S. The zero-order valence-corrected chi connectivity index (χ0v) is 19.0. The molecule has 0 bridgehead atoms. The molecule has 1 aromatic heterocycles. The lowest BCUT2D eigenvalue weighted by Gasteiger charge is -2.09. The van der Waals surface area contributed by atoms with Gasteiger partial charge in [0.2, 0.25) is 4.80 Å². The van der Waals surface area contributed by atoms with E-state index in [1.165, 1.54) is 29.7 Å². The number of carbonyl (C=O) groups excluding carboxylic acids is 2. The zero-order valence-electron chi connectivity index (χ0n) is 18.1. The summed E-state index contributed by atoms with van der Waals surface area (Å²) >= 11 is 1.32. The third-order valence-electron chi connectivity index (χ3n) is 5.44. The SMILES string of the molecule is O=C1c2ccccc2C(=O)N1C/C=N\N=c1\scc(-c2cccc([N+](=O)[O-])c2)n1-c1ccccc1. The second kappa shape index (κ2) is 9.27. The molecule has 0 fully saturated rings. The average molecular weight is 484 g/mol. The highest BCUT2D eigenvalue weighted by Gasteiger charge is 2.34. The van der Waals surface area contributed by atoms with Crippen LogP contribution in [0.2, 0.25) is 0 Å². The van der Waals surface area contributed by atoms with Crippen molar-refractivity contribution in [2.24, 2.45) is 10.2 Å². The van der Waals surface area contributed by atoms with E-state index in [9.17, 15) is 19.7 Å². The van der Waals surface area contributed by atoms with Crippen LogP contribution in [0.15, 0.2) is 94.4 Å². The number of benzene rings is 3. The van der Waals surface area contributed by atoms with Gasteiger partial charge in [0, 0.05) is 35.0 Å². The van der Waals surface area contributed by atoms with Gasteiger partial charge in [-0.1, -0.05) is 42.5 Å². The van der Waals surface area contributed by atoms with Gasteiger partial charge in [-0.05, 0) is 24.3 Å². The molecular weight excluding hydrogens is 466 g/mol. The summed E-state index contributed by atoms with van der Waals surface area (Å²) in [7, 11) is 0. The summed E-state index contributed by atoms with van der Waals surface area (Å²) < 4.78 is 1.85. The molecule has 0 atom stereocenters. The number of nitro benzene ring substituents is 1. The Hall–Kier alpha value is -4.70. The van der Waals surface area contributed by atoms with Crippen molar-refractivity contribution < 1.29 is 14.5 Å². The van der Waals surface area contributed by atoms with Crippen LogP contribution in [-0.2, 0) is 0 Å². The van der Waals surface area contributed by atoms with Gasteiger partial charge in [-0.15, -0.1) is 16.4 Å². The molecule has 35 heavy (non-hydrogen) atoms. The van der Waals surface area contributed by atoms with E-state index >= 15 is 0 Å². The summed E-state index contributed by atoms with van der Waals surface area (Å²) in [5, 5.41) is 21.5. The fourth-order valence-electron chi connectivity index (χ4n) is 3.80. The van der Waals surface area contributed by atoms with Crippen LogP contribution < -0.4 is 4.80 Å². The Morgan fingerprint density at radius 2 is 1.60 bits per heavy atom. The Balaban J connectivity index is 1.48. The van der Waals surface area contributed by atoms with Gasteiger partial charge in [-0.3, -0.25) is 29.2 Å². The molecule has 9 nitrogen and oxygen atoms in total. The maximum Gasteiger partial charge on any atom is 0.270 e. The highest BCUT2D eigenvalue weighted by Crippen LogP contribution is 2.27.